The molecule has 3 rings (SSSR count). The number of benzene rings is 1. The Kier molecular flexibility index (Phi) is 4.63. The van der Waals surface area contributed by atoms with Crippen molar-refractivity contribution in [2.45, 2.75) is 18.9 Å². The smallest absolute Gasteiger partial charge is 0.0471 e. The van der Waals surface area contributed by atoms with Crippen LogP contribution in [-0.2, 0) is 6.54 Å². The lowest BCUT2D eigenvalue weighted by Gasteiger charge is -2.37. The zero-order valence-electron chi connectivity index (χ0n) is 12.2. The van der Waals surface area contributed by atoms with E-state index < -0.39 is 0 Å². The Morgan fingerprint density at radius 3 is 2.57 bits per heavy atom. The molecule has 0 spiro atoms. The Hall–Kier alpha value is -1.71. The van der Waals surface area contributed by atoms with Crippen molar-refractivity contribution in [2.24, 2.45) is 5.92 Å². The SMILES string of the molecule is OC[C@@H]1C[C@H](c2ccccn2)CN(Cc2ccccc2)C1. The second kappa shape index (κ2) is 6.83. The monoisotopic (exact) mass is 282 g/mol. The summed E-state index contributed by atoms with van der Waals surface area (Å²) in [6, 6.07) is 16.6. The number of pyridine rings is 1. The van der Waals surface area contributed by atoms with E-state index in [4.69, 9.17) is 0 Å². The Balaban J connectivity index is 1.72. The van der Waals surface area contributed by atoms with Crippen LogP contribution in [0.2, 0.25) is 0 Å². The van der Waals surface area contributed by atoms with Crippen molar-refractivity contribution in [3.63, 3.8) is 0 Å². The average Bonchev–Trinajstić information content (AvgIpc) is 2.56. The topological polar surface area (TPSA) is 36.4 Å². The van der Waals surface area contributed by atoms with E-state index in [9.17, 15) is 5.11 Å². The molecule has 0 radical (unpaired) electrons. The molecule has 1 saturated heterocycles. The molecule has 110 valence electrons. The molecule has 2 heterocycles. The lowest BCUT2D eigenvalue weighted by atomic mass is 9.87. The van der Waals surface area contributed by atoms with Crippen LogP contribution in [0.5, 0.6) is 0 Å². The van der Waals surface area contributed by atoms with Crippen molar-refractivity contribution in [3.8, 4) is 0 Å². The predicted molar refractivity (Wildman–Crippen MR) is 83.9 cm³/mol. The van der Waals surface area contributed by atoms with E-state index in [1.165, 1.54) is 5.56 Å². The first kappa shape index (κ1) is 14.2. The Morgan fingerprint density at radius 2 is 1.86 bits per heavy atom. The second-order valence-corrected chi connectivity index (χ2v) is 5.92. The fraction of sp³-hybridized carbons (Fsp3) is 0.389. The van der Waals surface area contributed by atoms with Crippen LogP contribution in [0.1, 0.15) is 23.6 Å². The zero-order chi connectivity index (χ0) is 14.5. The summed E-state index contributed by atoms with van der Waals surface area (Å²) in [6.45, 7) is 3.19. The van der Waals surface area contributed by atoms with Gasteiger partial charge in [-0.15, -0.1) is 0 Å². The van der Waals surface area contributed by atoms with Gasteiger partial charge in [-0.1, -0.05) is 36.4 Å². The first-order chi connectivity index (χ1) is 10.3. The van der Waals surface area contributed by atoms with Gasteiger partial charge in [0.2, 0.25) is 0 Å². The van der Waals surface area contributed by atoms with E-state index in [2.05, 4.69) is 40.2 Å². The summed E-state index contributed by atoms with van der Waals surface area (Å²) in [5.41, 5.74) is 2.48. The van der Waals surface area contributed by atoms with Gasteiger partial charge >= 0.3 is 0 Å². The lowest BCUT2D eigenvalue weighted by Crippen LogP contribution is -2.40. The van der Waals surface area contributed by atoms with Crippen LogP contribution in [0, 0.1) is 5.92 Å². The van der Waals surface area contributed by atoms with E-state index in [1.54, 1.807) is 0 Å². The van der Waals surface area contributed by atoms with Gasteiger partial charge in [-0.05, 0) is 30.0 Å². The van der Waals surface area contributed by atoms with Gasteiger partial charge in [0, 0.05) is 44.0 Å². The molecule has 0 saturated carbocycles. The molecule has 3 heteroatoms. The Morgan fingerprint density at radius 1 is 1.05 bits per heavy atom. The van der Waals surface area contributed by atoms with Crippen molar-refractivity contribution in [3.05, 3.63) is 66.0 Å². The van der Waals surface area contributed by atoms with E-state index in [0.717, 1.165) is 31.7 Å². The molecule has 21 heavy (non-hydrogen) atoms. The van der Waals surface area contributed by atoms with Gasteiger partial charge in [0.05, 0.1) is 0 Å². The number of rotatable bonds is 4. The molecular weight excluding hydrogens is 260 g/mol. The molecule has 1 aliphatic heterocycles. The van der Waals surface area contributed by atoms with Crippen LogP contribution >= 0.6 is 0 Å². The molecule has 0 aliphatic carbocycles. The molecule has 1 aliphatic rings. The van der Waals surface area contributed by atoms with Crippen molar-refractivity contribution >= 4 is 0 Å². The Labute approximate surface area is 126 Å². The van der Waals surface area contributed by atoms with Crippen LogP contribution in [-0.4, -0.2) is 34.7 Å². The first-order valence-corrected chi connectivity index (χ1v) is 7.63. The molecule has 1 aromatic carbocycles. The third kappa shape index (κ3) is 3.69. The lowest BCUT2D eigenvalue weighted by molar-refractivity contribution is 0.101. The van der Waals surface area contributed by atoms with Crippen molar-refractivity contribution in [1.82, 2.24) is 9.88 Å². The van der Waals surface area contributed by atoms with E-state index >= 15 is 0 Å². The third-order valence-corrected chi connectivity index (χ3v) is 4.23. The van der Waals surface area contributed by atoms with Crippen molar-refractivity contribution in [2.75, 3.05) is 19.7 Å². The summed E-state index contributed by atoms with van der Waals surface area (Å²) in [5.74, 6) is 0.760. The normalized spacial score (nSPS) is 23.1. The van der Waals surface area contributed by atoms with Gasteiger partial charge in [-0.2, -0.15) is 0 Å². The number of aromatic nitrogens is 1. The summed E-state index contributed by atoms with van der Waals surface area (Å²) in [5, 5.41) is 9.59. The third-order valence-electron chi connectivity index (χ3n) is 4.23. The van der Waals surface area contributed by atoms with Crippen LogP contribution < -0.4 is 0 Å². The van der Waals surface area contributed by atoms with Crippen LogP contribution in [0.15, 0.2) is 54.7 Å². The van der Waals surface area contributed by atoms with Crippen molar-refractivity contribution in [1.29, 1.82) is 0 Å². The largest absolute Gasteiger partial charge is 0.396 e. The van der Waals surface area contributed by atoms with Crippen LogP contribution in [0.25, 0.3) is 0 Å². The molecule has 0 bridgehead atoms. The number of hydrogen-bond acceptors (Lipinski definition) is 3. The highest BCUT2D eigenvalue weighted by atomic mass is 16.3. The second-order valence-electron chi connectivity index (χ2n) is 5.92. The maximum atomic E-state index is 9.59. The number of piperidine rings is 1. The zero-order valence-corrected chi connectivity index (χ0v) is 12.2. The minimum Gasteiger partial charge on any atom is -0.396 e. The van der Waals surface area contributed by atoms with E-state index in [1.807, 2.05) is 24.4 Å². The number of nitrogens with zero attached hydrogens (tertiary/aromatic N) is 2. The molecule has 3 nitrogen and oxygen atoms in total. The van der Waals surface area contributed by atoms with Gasteiger partial charge in [-0.25, -0.2) is 0 Å². The molecule has 1 N–H and O–H groups in total. The summed E-state index contributed by atoms with van der Waals surface area (Å²) in [7, 11) is 0. The number of aliphatic hydroxyl groups is 1. The van der Waals surface area contributed by atoms with Gasteiger partial charge in [0.1, 0.15) is 0 Å². The summed E-state index contributed by atoms with van der Waals surface area (Å²) >= 11 is 0. The van der Waals surface area contributed by atoms with Crippen LogP contribution in [0.3, 0.4) is 0 Å². The van der Waals surface area contributed by atoms with Gasteiger partial charge in [-0.3, -0.25) is 9.88 Å². The highest BCUT2D eigenvalue weighted by Gasteiger charge is 2.28. The summed E-state index contributed by atoms with van der Waals surface area (Å²) < 4.78 is 0. The van der Waals surface area contributed by atoms with Gasteiger partial charge < -0.3 is 5.11 Å². The molecule has 1 fully saturated rings. The summed E-state index contributed by atoms with van der Waals surface area (Å²) in [6.07, 6.45) is 2.89. The minimum atomic E-state index is 0.259. The molecule has 1 aromatic heterocycles. The first-order valence-electron chi connectivity index (χ1n) is 7.63. The Bertz CT molecular complexity index is 544. The molecule has 2 atom stereocenters. The fourth-order valence-corrected chi connectivity index (χ4v) is 3.24. The molecular formula is C18H22N2O. The quantitative estimate of drug-likeness (QED) is 0.936. The maximum absolute atomic E-state index is 9.59. The summed E-state index contributed by atoms with van der Waals surface area (Å²) in [4.78, 5) is 6.95. The van der Waals surface area contributed by atoms with Gasteiger partial charge in [0.15, 0.2) is 0 Å². The highest BCUT2D eigenvalue weighted by molar-refractivity contribution is 5.16. The number of hydrogen-bond donors (Lipinski definition) is 1. The van der Waals surface area contributed by atoms with Crippen molar-refractivity contribution < 1.29 is 5.11 Å². The van der Waals surface area contributed by atoms with E-state index in [0.29, 0.717) is 11.8 Å². The highest BCUT2D eigenvalue weighted by Crippen LogP contribution is 2.29. The molecule has 0 unspecified atom stereocenters. The molecule has 2 aromatic rings. The average molecular weight is 282 g/mol. The number of likely N-dealkylation sites (tertiary alicyclic amines) is 1. The standard InChI is InChI=1S/C18H22N2O/c21-14-16-10-17(18-8-4-5-9-19-18)13-20(12-16)11-15-6-2-1-3-7-15/h1-9,16-17,21H,10-14H2/t16-,17+/m1/s1. The van der Waals surface area contributed by atoms with Gasteiger partial charge in [0.25, 0.3) is 0 Å². The maximum Gasteiger partial charge on any atom is 0.0471 e. The fourth-order valence-electron chi connectivity index (χ4n) is 3.24. The van der Waals surface area contributed by atoms with E-state index in [-0.39, 0.29) is 6.61 Å². The van der Waals surface area contributed by atoms with Crippen LogP contribution in [0.4, 0.5) is 0 Å². The predicted octanol–water partition coefficient (Wildman–Crippen LogP) is 2.68. The number of aliphatic hydroxyl groups excluding tert-OH is 1. The molecule has 0 amide bonds. The minimum absolute atomic E-state index is 0.259.